The zero-order chi connectivity index (χ0) is 13.9. The van der Waals surface area contributed by atoms with Crippen LogP contribution in [-0.4, -0.2) is 31.9 Å². The zero-order valence-electron chi connectivity index (χ0n) is 9.31. The number of nitro benzene ring substituents is 1. The Bertz CT molecular complexity index is 576. The number of halogens is 2. The van der Waals surface area contributed by atoms with Crippen molar-refractivity contribution in [1.29, 1.82) is 0 Å². The fourth-order valence-electron chi connectivity index (χ4n) is 1.20. The molecule has 1 N–H and O–H groups in total. The molecule has 0 amide bonds. The van der Waals surface area contributed by atoms with Crippen LogP contribution in [0.5, 0.6) is 0 Å². The Balaban J connectivity index is 2.94. The molecule has 0 saturated carbocycles. The van der Waals surface area contributed by atoms with Gasteiger partial charge in [-0.25, -0.2) is 12.8 Å². The summed E-state index contributed by atoms with van der Waals surface area (Å²) in [5.41, 5.74) is -0.374. The van der Waals surface area contributed by atoms with Gasteiger partial charge in [-0.05, 0) is 22.0 Å². The molecule has 0 aliphatic heterocycles. The Morgan fingerprint density at radius 2 is 2.11 bits per heavy atom. The van der Waals surface area contributed by atoms with Gasteiger partial charge in [0.25, 0.3) is 5.69 Å². The second-order valence-electron chi connectivity index (χ2n) is 3.60. The van der Waals surface area contributed by atoms with E-state index in [0.29, 0.717) is 0 Å². The van der Waals surface area contributed by atoms with Gasteiger partial charge in [-0.1, -0.05) is 0 Å². The summed E-state index contributed by atoms with van der Waals surface area (Å²) in [6, 6.07) is 1.97. The van der Waals surface area contributed by atoms with Crippen LogP contribution in [0.1, 0.15) is 0 Å². The van der Waals surface area contributed by atoms with Gasteiger partial charge >= 0.3 is 0 Å². The molecule has 0 atom stereocenters. The first-order valence-electron chi connectivity index (χ1n) is 4.76. The molecule has 1 aromatic carbocycles. The number of anilines is 1. The number of nitrogens with zero attached hydrogens (tertiary/aromatic N) is 1. The third-order valence-electron chi connectivity index (χ3n) is 2.02. The molecule has 6 nitrogen and oxygen atoms in total. The maximum atomic E-state index is 13.2. The summed E-state index contributed by atoms with van der Waals surface area (Å²) >= 11 is 2.90. The summed E-state index contributed by atoms with van der Waals surface area (Å²) in [4.78, 5) is 9.97. The van der Waals surface area contributed by atoms with Crippen LogP contribution in [0.4, 0.5) is 15.8 Å². The SMILES string of the molecule is CS(=O)(=O)CCNc1cc(Br)c(F)cc1[N+](=O)[O-]. The molecule has 0 saturated heterocycles. The van der Waals surface area contributed by atoms with Crippen molar-refractivity contribution in [2.24, 2.45) is 0 Å². The molecule has 18 heavy (non-hydrogen) atoms. The summed E-state index contributed by atoms with van der Waals surface area (Å²) in [7, 11) is -3.16. The number of hydrogen-bond donors (Lipinski definition) is 1. The first kappa shape index (κ1) is 14.8. The van der Waals surface area contributed by atoms with Gasteiger partial charge in [0.2, 0.25) is 0 Å². The molecule has 0 heterocycles. The van der Waals surface area contributed by atoms with Crippen LogP contribution in [0.3, 0.4) is 0 Å². The number of hydrogen-bond acceptors (Lipinski definition) is 5. The van der Waals surface area contributed by atoms with Crippen molar-refractivity contribution in [2.75, 3.05) is 23.9 Å². The van der Waals surface area contributed by atoms with Crippen molar-refractivity contribution in [3.05, 3.63) is 32.5 Å². The van der Waals surface area contributed by atoms with Crippen molar-refractivity contribution in [1.82, 2.24) is 0 Å². The monoisotopic (exact) mass is 340 g/mol. The predicted octanol–water partition coefficient (Wildman–Crippen LogP) is 1.95. The van der Waals surface area contributed by atoms with Crippen LogP contribution in [0.2, 0.25) is 0 Å². The van der Waals surface area contributed by atoms with Gasteiger partial charge in [0.1, 0.15) is 21.3 Å². The van der Waals surface area contributed by atoms with Crippen molar-refractivity contribution in [3.63, 3.8) is 0 Å². The highest BCUT2D eigenvalue weighted by molar-refractivity contribution is 9.10. The van der Waals surface area contributed by atoms with Crippen molar-refractivity contribution >= 4 is 37.1 Å². The van der Waals surface area contributed by atoms with Crippen LogP contribution in [0, 0.1) is 15.9 Å². The average Bonchev–Trinajstić information content (AvgIpc) is 2.20. The lowest BCUT2D eigenvalue weighted by Gasteiger charge is -2.07. The maximum absolute atomic E-state index is 13.2. The lowest BCUT2D eigenvalue weighted by atomic mass is 10.2. The van der Waals surface area contributed by atoms with E-state index in [9.17, 15) is 22.9 Å². The quantitative estimate of drug-likeness (QED) is 0.653. The molecule has 0 unspecified atom stereocenters. The van der Waals surface area contributed by atoms with Gasteiger partial charge in [0.05, 0.1) is 21.2 Å². The number of sulfone groups is 1. The normalized spacial score (nSPS) is 11.3. The van der Waals surface area contributed by atoms with E-state index in [1.807, 2.05) is 0 Å². The summed E-state index contributed by atoms with van der Waals surface area (Å²) in [5, 5.41) is 13.3. The molecule has 1 rings (SSSR count). The number of nitrogens with one attached hydrogen (secondary N) is 1. The van der Waals surface area contributed by atoms with Gasteiger partial charge in [0, 0.05) is 12.8 Å². The molecule has 0 aliphatic rings. The number of benzene rings is 1. The van der Waals surface area contributed by atoms with E-state index in [0.717, 1.165) is 12.3 Å². The summed E-state index contributed by atoms with van der Waals surface area (Å²) in [6.45, 7) is 0.0117. The molecular weight excluding hydrogens is 331 g/mol. The molecular formula is C9H10BrFN2O4S. The van der Waals surface area contributed by atoms with E-state index in [1.165, 1.54) is 6.07 Å². The Morgan fingerprint density at radius 3 is 2.61 bits per heavy atom. The highest BCUT2D eigenvalue weighted by Gasteiger charge is 2.17. The first-order valence-corrected chi connectivity index (χ1v) is 7.61. The largest absolute Gasteiger partial charge is 0.378 e. The Hall–Kier alpha value is -1.22. The fraction of sp³-hybridized carbons (Fsp3) is 0.333. The highest BCUT2D eigenvalue weighted by Crippen LogP contribution is 2.30. The zero-order valence-corrected chi connectivity index (χ0v) is 11.7. The standard InChI is InChI=1S/C9H10BrFN2O4S/c1-18(16,17)3-2-12-8-4-6(10)7(11)5-9(8)13(14)15/h4-5,12H,2-3H2,1H3. The lowest BCUT2D eigenvalue weighted by Crippen LogP contribution is -2.15. The molecule has 1 aromatic rings. The molecule has 0 fully saturated rings. The third-order valence-corrected chi connectivity index (χ3v) is 3.58. The second-order valence-corrected chi connectivity index (χ2v) is 6.71. The second kappa shape index (κ2) is 5.61. The first-order chi connectivity index (χ1) is 8.20. The van der Waals surface area contributed by atoms with E-state index in [4.69, 9.17) is 0 Å². The minimum atomic E-state index is -3.16. The predicted molar refractivity (Wildman–Crippen MR) is 69.0 cm³/mol. The van der Waals surface area contributed by atoms with Gasteiger partial charge in [-0.15, -0.1) is 0 Å². The van der Waals surface area contributed by atoms with Crippen LogP contribution in [-0.2, 0) is 9.84 Å². The van der Waals surface area contributed by atoms with E-state index < -0.39 is 26.3 Å². The van der Waals surface area contributed by atoms with Crippen molar-refractivity contribution in [2.45, 2.75) is 0 Å². The molecule has 0 aromatic heterocycles. The summed E-state index contributed by atoms with van der Waals surface area (Å²) < 4.78 is 35.1. The van der Waals surface area contributed by atoms with Crippen molar-refractivity contribution < 1.29 is 17.7 Å². The molecule has 0 bridgehead atoms. The molecule has 0 radical (unpaired) electrons. The topological polar surface area (TPSA) is 89.3 Å². The molecule has 100 valence electrons. The minimum Gasteiger partial charge on any atom is -0.378 e. The van der Waals surface area contributed by atoms with Crippen LogP contribution < -0.4 is 5.32 Å². The Morgan fingerprint density at radius 1 is 1.50 bits per heavy atom. The van der Waals surface area contributed by atoms with Gasteiger partial charge < -0.3 is 5.32 Å². The molecule has 9 heteroatoms. The smallest absolute Gasteiger partial charge is 0.295 e. The van der Waals surface area contributed by atoms with E-state index in [-0.39, 0.29) is 22.5 Å². The van der Waals surface area contributed by atoms with E-state index in [2.05, 4.69) is 21.2 Å². The fourth-order valence-corrected chi connectivity index (χ4v) is 2.02. The lowest BCUT2D eigenvalue weighted by molar-refractivity contribution is -0.384. The van der Waals surface area contributed by atoms with Crippen LogP contribution >= 0.6 is 15.9 Å². The van der Waals surface area contributed by atoms with Crippen LogP contribution in [0.25, 0.3) is 0 Å². The molecule has 0 spiro atoms. The number of nitro groups is 1. The van der Waals surface area contributed by atoms with Gasteiger partial charge in [-0.2, -0.15) is 0 Å². The van der Waals surface area contributed by atoms with Crippen molar-refractivity contribution in [3.8, 4) is 0 Å². The number of rotatable bonds is 5. The van der Waals surface area contributed by atoms with E-state index in [1.54, 1.807) is 0 Å². The summed E-state index contributed by atoms with van der Waals surface area (Å²) in [5.74, 6) is -0.922. The highest BCUT2D eigenvalue weighted by atomic mass is 79.9. The van der Waals surface area contributed by atoms with Crippen LogP contribution in [0.15, 0.2) is 16.6 Å². The summed E-state index contributed by atoms with van der Waals surface area (Å²) in [6.07, 6.45) is 1.06. The minimum absolute atomic E-state index is 0.0117. The average molecular weight is 341 g/mol. The van der Waals surface area contributed by atoms with Gasteiger partial charge in [0.15, 0.2) is 0 Å². The Labute approximate surface area is 111 Å². The van der Waals surface area contributed by atoms with E-state index >= 15 is 0 Å². The molecule has 0 aliphatic carbocycles. The third kappa shape index (κ3) is 4.22. The Kier molecular flexibility index (Phi) is 4.63. The van der Waals surface area contributed by atoms with Gasteiger partial charge in [-0.3, -0.25) is 10.1 Å². The maximum Gasteiger partial charge on any atom is 0.295 e.